The van der Waals surface area contributed by atoms with Gasteiger partial charge in [0.05, 0.1) is 16.2 Å². The molecule has 0 spiro atoms. The molecule has 1 aliphatic rings. The van der Waals surface area contributed by atoms with E-state index in [-0.39, 0.29) is 29.7 Å². The van der Waals surface area contributed by atoms with E-state index in [4.69, 9.17) is 4.52 Å². The molecule has 3 aromatic rings. The summed E-state index contributed by atoms with van der Waals surface area (Å²) in [4.78, 5) is 27.4. The number of amides is 1. The van der Waals surface area contributed by atoms with Crippen LogP contribution in [0.15, 0.2) is 68.9 Å². The number of aryl methyl sites for hydroxylation is 1. The highest BCUT2D eigenvalue weighted by Crippen LogP contribution is 2.28. The molecule has 178 valence electrons. The van der Waals surface area contributed by atoms with Gasteiger partial charge in [-0.25, -0.2) is 8.42 Å². The van der Waals surface area contributed by atoms with E-state index in [9.17, 15) is 18.0 Å². The van der Waals surface area contributed by atoms with Gasteiger partial charge in [0.1, 0.15) is 5.76 Å². The number of hydrogen-bond donors (Lipinski definition) is 0. The lowest BCUT2D eigenvalue weighted by molar-refractivity contribution is 0.0694. The van der Waals surface area contributed by atoms with E-state index in [1.54, 1.807) is 11.0 Å². The summed E-state index contributed by atoms with van der Waals surface area (Å²) in [5, 5.41) is 3.99. The Hall–Kier alpha value is -2.95. The van der Waals surface area contributed by atoms with Crippen molar-refractivity contribution in [1.29, 1.82) is 0 Å². The standard InChI is InChI=1S/C24H25N3O5S2/c1-17-15-20(25-32-17)16-33-23-6-4-3-5-22(23)24(29)26-11-13-27(14-12-26)34(30,31)21-9-7-19(8-10-21)18(2)28/h3-10,15H,11-14,16H2,1-2H3. The van der Waals surface area contributed by atoms with Gasteiger partial charge in [0.15, 0.2) is 5.78 Å². The molecule has 1 saturated heterocycles. The van der Waals surface area contributed by atoms with E-state index in [0.29, 0.717) is 30.0 Å². The number of aromatic nitrogens is 1. The molecule has 0 unspecified atom stereocenters. The highest BCUT2D eigenvalue weighted by molar-refractivity contribution is 7.98. The molecule has 0 saturated carbocycles. The fourth-order valence-electron chi connectivity index (χ4n) is 3.72. The van der Waals surface area contributed by atoms with E-state index >= 15 is 0 Å². The third-order valence-electron chi connectivity index (χ3n) is 5.59. The van der Waals surface area contributed by atoms with Crippen molar-refractivity contribution in [3.63, 3.8) is 0 Å². The first-order valence-corrected chi connectivity index (χ1v) is 13.2. The Morgan fingerprint density at radius 3 is 2.32 bits per heavy atom. The Morgan fingerprint density at radius 1 is 1.03 bits per heavy atom. The van der Waals surface area contributed by atoms with Crippen LogP contribution in [-0.2, 0) is 15.8 Å². The van der Waals surface area contributed by atoms with Gasteiger partial charge in [0.2, 0.25) is 10.0 Å². The SMILES string of the molecule is CC(=O)c1ccc(S(=O)(=O)N2CCN(C(=O)c3ccccc3SCc3cc(C)on3)CC2)cc1. The molecule has 8 nitrogen and oxygen atoms in total. The largest absolute Gasteiger partial charge is 0.361 e. The first kappa shape index (κ1) is 24.2. The Kier molecular flexibility index (Phi) is 7.20. The van der Waals surface area contributed by atoms with Crippen molar-refractivity contribution in [3.05, 3.63) is 77.2 Å². The number of sulfonamides is 1. The second-order valence-electron chi connectivity index (χ2n) is 7.99. The molecule has 0 atom stereocenters. The van der Waals surface area contributed by atoms with Crippen molar-refractivity contribution in [2.24, 2.45) is 0 Å². The maximum atomic E-state index is 13.2. The van der Waals surface area contributed by atoms with Crippen LogP contribution in [0, 0.1) is 6.92 Å². The highest BCUT2D eigenvalue weighted by Gasteiger charge is 2.31. The van der Waals surface area contributed by atoms with Gasteiger partial charge in [0, 0.05) is 48.5 Å². The van der Waals surface area contributed by atoms with Crippen LogP contribution in [0.1, 0.15) is 39.1 Å². The van der Waals surface area contributed by atoms with Gasteiger partial charge < -0.3 is 9.42 Å². The summed E-state index contributed by atoms with van der Waals surface area (Å²) in [5.41, 5.74) is 1.85. The first-order valence-electron chi connectivity index (χ1n) is 10.8. The van der Waals surface area contributed by atoms with Gasteiger partial charge in [-0.2, -0.15) is 4.31 Å². The molecule has 2 heterocycles. The van der Waals surface area contributed by atoms with Crippen LogP contribution in [0.2, 0.25) is 0 Å². The molecule has 10 heteroatoms. The minimum Gasteiger partial charge on any atom is -0.361 e. The van der Waals surface area contributed by atoms with Crippen LogP contribution >= 0.6 is 11.8 Å². The Morgan fingerprint density at radius 2 is 1.71 bits per heavy atom. The van der Waals surface area contributed by atoms with Gasteiger partial charge in [-0.3, -0.25) is 9.59 Å². The molecule has 0 N–H and O–H groups in total. The quantitative estimate of drug-likeness (QED) is 0.361. The molecular formula is C24H25N3O5S2. The minimum atomic E-state index is -3.70. The van der Waals surface area contributed by atoms with E-state index in [1.165, 1.54) is 47.3 Å². The number of benzene rings is 2. The van der Waals surface area contributed by atoms with Crippen molar-refractivity contribution < 1.29 is 22.5 Å². The third-order valence-corrected chi connectivity index (χ3v) is 8.61. The molecule has 0 radical (unpaired) electrons. The average molecular weight is 500 g/mol. The predicted molar refractivity (Wildman–Crippen MR) is 128 cm³/mol. The molecule has 0 aliphatic carbocycles. The molecule has 1 amide bonds. The molecule has 1 fully saturated rings. The second kappa shape index (κ2) is 10.1. The van der Waals surface area contributed by atoms with Gasteiger partial charge in [-0.1, -0.05) is 29.4 Å². The van der Waals surface area contributed by atoms with E-state index in [2.05, 4.69) is 5.16 Å². The number of hydrogen-bond acceptors (Lipinski definition) is 7. The zero-order chi connectivity index (χ0) is 24.3. The summed E-state index contributed by atoms with van der Waals surface area (Å²) in [6.45, 7) is 4.27. The van der Waals surface area contributed by atoms with E-state index < -0.39 is 10.0 Å². The van der Waals surface area contributed by atoms with Crippen LogP contribution in [0.4, 0.5) is 0 Å². The lowest BCUT2D eigenvalue weighted by atomic mass is 10.2. The van der Waals surface area contributed by atoms with Gasteiger partial charge in [0.25, 0.3) is 5.91 Å². The summed E-state index contributed by atoms with van der Waals surface area (Å²) in [6, 6.07) is 15.2. The molecular weight excluding hydrogens is 474 g/mol. The fourth-order valence-corrected chi connectivity index (χ4v) is 6.07. The van der Waals surface area contributed by atoms with Crippen molar-refractivity contribution in [3.8, 4) is 0 Å². The zero-order valence-corrected chi connectivity index (χ0v) is 20.6. The summed E-state index contributed by atoms with van der Waals surface area (Å²) < 4.78 is 32.5. The van der Waals surface area contributed by atoms with Crippen molar-refractivity contribution >= 4 is 33.5 Å². The van der Waals surface area contributed by atoms with Gasteiger partial charge in [-0.05, 0) is 38.1 Å². The Balaban J connectivity index is 1.41. The number of carbonyl (C=O) groups excluding carboxylic acids is 2. The van der Waals surface area contributed by atoms with Crippen LogP contribution in [0.5, 0.6) is 0 Å². The van der Waals surface area contributed by atoms with E-state index in [1.807, 2.05) is 31.2 Å². The molecule has 2 aromatic carbocycles. The number of nitrogens with zero attached hydrogens (tertiary/aromatic N) is 3. The molecule has 1 aromatic heterocycles. The van der Waals surface area contributed by atoms with Crippen LogP contribution < -0.4 is 0 Å². The predicted octanol–water partition coefficient (Wildman–Crippen LogP) is 3.62. The Bertz CT molecular complexity index is 1290. The maximum Gasteiger partial charge on any atom is 0.255 e. The normalized spacial score (nSPS) is 14.8. The number of piperazine rings is 1. The molecule has 4 rings (SSSR count). The summed E-state index contributed by atoms with van der Waals surface area (Å²) >= 11 is 1.51. The topological polar surface area (TPSA) is 101 Å². The maximum absolute atomic E-state index is 13.2. The monoisotopic (exact) mass is 499 g/mol. The number of carbonyl (C=O) groups is 2. The zero-order valence-electron chi connectivity index (χ0n) is 18.9. The molecule has 34 heavy (non-hydrogen) atoms. The highest BCUT2D eigenvalue weighted by atomic mass is 32.2. The summed E-state index contributed by atoms with van der Waals surface area (Å²) in [6.07, 6.45) is 0. The van der Waals surface area contributed by atoms with Crippen LogP contribution in [0.3, 0.4) is 0 Å². The van der Waals surface area contributed by atoms with Crippen LogP contribution in [-0.4, -0.2) is 60.6 Å². The smallest absolute Gasteiger partial charge is 0.255 e. The number of rotatable bonds is 7. The van der Waals surface area contributed by atoms with Gasteiger partial charge >= 0.3 is 0 Å². The number of ketones is 1. The molecule has 0 bridgehead atoms. The van der Waals surface area contributed by atoms with Crippen LogP contribution in [0.25, 0.3) is 0 Å². The number of Topliss-reactive ketones (excluding diaryl/α,β-unsaturated/α-hetero) is 1. The van der Waals surface area contributed by atoms with Gasteiger partial charge in [-0.15, -0.1) is 11.8 Å². The summed E-state index contributed by atoms with van der Waals surface area (Å²) in [7, 11) is -3.70. The third kappa shape index (κ3) is 5.24. The lowest BCUT2D eigenvalue weighted by Crippen LogP contribution is -2.50. The number of thioether (sulfide) groups is 1. The second-order valence-corrected chi connectivity index (χ2v) is 10.9. The minimum absolute atomic E-state index is 0.120. The van der Waals surface area contributed by atoms with Crippen molar-refractivity contribution in [2.75, 3.05) is 26.2 Å². The Labute approximate surface area is 203 Å². The fraction of sp³-hybridized carbons (Fsp3) is 0.292. The summed E-state index contributed by atoms with van der Waals surface area (Å²) in [5.74, 6) is 1.08. The van der Waals surface area contributed by atoms with E-state index in [0.717, 1.165) is 16.3 Å². The average Bonchev–Trinajstić information content (AvgIpc) is 3.27. The first-order chi connectivity index (χ1) is 16.3. The van der Waals surface area contributed by atoms with Crippen molar-refractivity contribution in [2.45, 2.75) is 29.4 Å². The lowest BCUT2D eigenvalue weighted by Gasteiger charge is -2.34. The van der Waals surface area contributed by atoms with Crippen molar-refractivity contribution in [1.82, 2.24) is 14.4 Å². The molecule has 1 aliphatic heterocycles.